The van der Waals surface area contributed by atoms with Gasteiger partial charge in [-0.05, 0) is 35.2 Å². The average Bonchev–Trinajstić information content (AvgIpc) is 2.50. The van der Waals surface area contributed by atoms with Crippen LogP contribution in [0.1, 0.15) is 69.0 Å². The molecule has 114 valence electrons. The van der Waals surface area contributed by atoms with Gasteiger partial charge in [-0.2, -0.15) is 0 Å². The van der Waals surface area contributed by atoms with Crippen molar-refractivity contribution < 1.29 is 0 Å². The third kappa shape index (κ3) is 4.31. The predicted molar refractivity (Wildman–Crippen MR) is 93.6 cm³/mol. The number of unbranched alkanes of at least 4 members (excludes halogenated alkanes) is 5. The van der Waals surface area contributed by atoms with Crippen molar-refractivity contribution in [3.05, 3.63) is 47.5 Å². The number of aryl methyl sites for hydroxylation is 1. The molecule has 1 heteroatoms. The fraction of sp³-hybridized carbons (Fsp3) is 0.500. The lowest BCUT2D eigenvalue weighted by molar-refractivity contribution is 0.548. The lowest BCUT2D eigenvalue weighted by Gasteiger charge is -2.17. The number of hydrogen-bond acceptors (Lipinski definition) is 1. The second-order valence-electron chi connectivity index (χ2n) is 6.18. The highest BCUT2D eigenvalue weighted by molar-refractivity contribution is 5.87. The zero-order chi connectivity index (χ0) is 15.1. The van der Waals surface area contributed by atoms with Crippen molar-refractivity contribution in [2.75, 3.05) is 0 Å². The maximum absolute atomic E-state index is 6.50. The normalized spacial score (nSPS) is 12.7. The number of fused-ring (bicyclic) bond motifs is 1. The molecule has 0 aliphatic rings. The molecule has 0 aliphatic heterocycles. The first-order chi connectivity index (χ1) is 10.2. The minimum atomic E-state index is 0.169. The third-order valence-corrected chi connectivity index (χ3v) is 4.43. The van der Waals surface area contributed by atoms with E-state index in [0.29, 0.717) is 0 Å². The molecule has 0 amide bonds. The maximum Gasteiger partial charge on any atom is 0.0303 e. The van der Waals surface area contributed by atoms with E-state index in [9.17, 15) is 0 Å². The van der Waals surface area contributed by atoms with E-state index in [0.717, 1.165) is 6.42 Å². The van der Waals surface area contributed by atoms with Gasteiger partial charge in [0.2, 0.25) is 0 Å². The second kappa shape index (κ2) is 8.19. The van der Waals surface area contributed by atoms with E-state index >= 15 is 0 Å². The molecule has 0 aromatic heterocycles. The summed E-state index contributed by atoms with van der Waals surface area (Å²) in [5.41, 5.74) is 9.18. The molecule has 0 fully saturated rings. The van der Waals surface area contributed by atoms with Gasteiger partial charge < -0.3 is 5.73 Å². The summed E-state index contributed by atoms with van der Waals surface area (Å²) in [4.78, 5) is 0. The van der Waals surface area contributed by atoms with E-state index < -0.39 is 0 Å². The Labute approximate surface area is 129 Å². The summed E-state index contributed by atoms with van der Waals surface area (Å²) >= 11 is 0. The largest absolute Gasteiger partial charge is 0.324 e. The van der Waals surface area contributed by atoms with Crippen molar-refractivity contribution in [2.24, 2.45) is 5.73 Å². The third-order valence-electron chi connectivity index (χ3n) is 4.43. The van der Waals surface area contributed by atoms with Crippen LogP contribution in [0.5, 0.6) is 0 Å². The van der Waals surface area contributed by atoms with Gasteiger partial charge in [0.05, 0.1) is 0 Å². The monoisotopic (exact) mass is 283 g/mol. The zero-order valence-corrected chi connectivity index (χ0v) is 13.6. The molecule has 21 heavy (non-hydrogen) atoms. The van der Waals surface area contributed by atoms with Crippen molar-refractivity contribution >= 4 is 10.8 Å². The fourth-order valence-electron chi connectivity index (χ4n) is 3.19. The highest BCUT2D eigenvalue weighted by atomic mass is 14.6. The lowest BCUT2D eigenvalue weighted by Crippen LogP contribution is -2.12. The molecule has 0 bridgehead atoms. The van der Waals surface area contributed by atoms with Crippen LogP contribution in [-0.4, -0.2) is 0 Å². The van der Waals surface area contributed by atoms with Gasteiger partial charge in [-0.3, -0.25) is 0 Å². The van der Waals surface area contributed by atoms with Gasteiger partial charge in [0.25, 0.3) is 0 Å². The van der Waals surface area contributed by atoms with Gasteiger partial charge in [0.15, 0.2) is 0 Å². The molecular weight excluding hydrogens is 254 g/mol. The Morgan fingerprint density at radius 1 is 0.905 bits per heavy atom. The fourth-order valence-corrected chi connectivity index (χ4v) is 3.19. The molecule has 0 saturated heterocycles. The smallest absolute Gasteiger partial charge is 0.0303 e. The summed E-state index contributed by atoms with van der Waals surface area (Å²) in [7, 11) is 0. The maximum atomic E-state index is 6.50. The van der Waals surface area contributed by atoms with Crippen molar-refractivity contribution in [3.8, 4) is 0 Å². The zero-order valence-electron chi connectivity index (χ0n) is 13.6. The molecular formula is C20H29N. The average molecular weight is 283 g/mol. The molecule has 2 aromatic rings. The minimum absolute atomic E-state index is 0.169. The van der Waals surface area contributed by atoms with Gasteiger partial charge in [0, 0.05) is 6.04 Å². The molecule has 2 N–H and O–H groups in total. The lowest BCUT2D eigenvalue weighted by atomic mass is 9.91. The molecule has 2 aromatic carbocycles. The molecule has 2 rings (SSSR count). The van der Waals surface area contributed by atoms with Crippen LogP contribution in [0, 0.1) is 6.92 Å². The van der Waals surface area contributed by atoms with Crippen LogP contribution >= 0.6 is 0 Å². The Bertz CT molecular complexity index is 559. The highest BCUT2D eigenvalue weighted by Gasteiger charge is 2.12. The van der Waals surface area contributed by atoms with Crippen molar-refractivity contribution in [1.82, 2.24) is 0 Å². The van der Waals surface area contributed by atoms with E-state index in [2.05, 4.69) is 50.2 Å². The predicted octanol–water partition coefficient (Wildman–Crippen LogP) is 5.90. The van der Waals surface area contributed by atoms with Crippen molar-refractivity contribution in [2.45, 2.75) is 64.8 Å². The van der Waals surface area contributed by atoms with Crippen LogP contribution in [0.15, 0.2) is 36.4 Å². The van der Waals surface area contributed by atoms with Crippen LogP contribution < -0.4 is 5.73 Å². The molecule has 1 atom stereocenters. The molecule has 0 heterocycles. The van der Waals surface area contributed by atoms with Crippen LogP contribution in [0.4, 0.5) is 0 Å². The Morgan fingerprint density at radius 3 is 2.43 bits per heavy atom. The Hall–Kier alpha value is -1.34. The minimum Gasteiger partial charge on any atom is -0.324 e. The quantitative estimate of drug-likeness (QED) is 0.600. The number of hydrogen-bond donors (Lipinski definition) is 1. The van der Waals surface area contributed by atoms with Crippen LogP contribution in [0.2, 0.25) is 0 Å². The number of rotatable bonds is 8. The topological polar surface area (TPSA) is 26.0 Å². The Balaban J connectivity index is 1.99. The summed E-state index contributed by atoms with van der Waals surface area (Å²) in [5, 5.41) is 2.63. The molecule has 0 saturated carbocycles. The van der Waals surface area contributed by atoms with Gasteiger partial charge in [-0.15, -0.1) is 0 Å². The van der Waals surface area contributed by atoms with Crippen molar-refractivity contribution in [3.63, 3.8) is 0 Å². The van der Waals surface area contributed by atoms with Crippen LogP contribution in [0.3, 0.4) is 0 Å². The molecule has 0 spiro atoms. The van der Waals surface area contributed by atoms with Crippen LogP contribution in [0.25, 0.3) is 10.8 Å². The molecule has 0 radical (unpaired) electrons. The Morgan fingerprint density at radius 2 is 1.62 bits per heavy atom. The van der Waals surface area contributed by atoms with Gasteiger partial charge in [-0.25, -0.2) is 0 Å². The number of nitrogens with two attached hydrogens (primary N) is 1. The van der Waals surface area contributed by atoms with E-state index in [1.165, 1.54) is 60.4 Å². The van der Waals surface area contributed by atoms with E-state index in [1.807, 2.05) is 0 Å². The van der Waals surface area contributed by atoms with Crippen molar-refractivity contribution in [1.29, 1.82) is 0 Å². The first-order valence-electron chi connectivity index (χ1n) is 8.48. The first kappa shape index (κ1) is 16.0. The first-order valence-corrected chi connectivity index (χ1v) is 8.48. The van der Waals surface area contributed by atoms with Crippen LogP contribution in [-0.2, 0) is 0 Å². The second-order valence-corrected chi connectivity index (χ2v) is 6.18. The van der Waals surface area contributed by atoms with Gasteiger partial charge in [-0.1, -0.05) is 81.8 Å². The standard InChI is InChI=1S/C20H29N/c1-3-4-5-6-7-8-13-19(21)20-16(2)14-15-17-11-9-10-12-18(17)20/h9-12,14-15,19H,3-8,13,21H2,1-2H3. The Kier molecular flexibility index (Phi) is 6.25. The van der Waals surface area contributed by atoms with E-state index in [1.54, 1.807) is 0 Å². The van der Waals surface area contributed by atoms with E-state index in [-0.39, 0.29) is 6.04 Å². The summed E-state index contributed by atoms with van der Waals surface area (Å²) in [6, 6.07) is 13.2. The summed E-state index contributed by atoms with van der Waals surface area (Å²) in [6.07, 6.45) is 9.07. The summed E-state index contributed by atoms with van der Waals surface area (Å²) < 4.78 is 0. The SMILES string of the molecule is CCCCCCCCC(N)c1c(C)ccc2ccccc12. The molecule has 0 aliphatic carbocycles. The molecule has 1 nitrogen and oxygen atoms in total. The van der Waals surface area contributed by atoms with Gasteiger partial charge >= 0.3 is 0 Å². The van der Waals surface area contributed by atoms with Gasteiger partial charge in [0.1, 0.15) is 0 Å². The highest BCUT2D eigenvalue weighted by Crippen LogP contribution is 2.29. The summed E-state index contributed by atoms with van der Waals surface area (Å²) in [6.45, 7) is 4.45. The molecule has 1 unspecified atom stereocenters. The summed E-state index contributed by atoms with van der Waals surface area (Å²) in [5.74, 6) is 0. The number of benzene rings is 2. The van der Waals surface area contributed by atoms with E-state index in [4.69, 9.17) is 5.73 Å².